The van der Waals surface area contributed by atoms with Crippen molar-refractivity contribution in [3.8, 4) is 0 Å². The predicted octanol–water partition coefficient (Wildman–Crippen LogP) is 2.60. The monoisotopic (exact) mass is 260 g/mol. The summed E-state index contributed by atoms with van der Waals surface area (Å²) in [4.78, 5) is 14.3. The topological polar surface area (TPSA) is 32.3 Å². The van der Waals surface area contributed by atoms with E-state index in [2.05, 4.69) is 17.1 Å². The fraction of sp³-hybridized carbons (Fsp3) is 0.562. The molecule has 1 aliphatic heterocycles. The molecular weight excluding hydrogens is 236 g/mol. The molecule has 104 valence electrons. The number of benzene rings is 1. The molecule has 0 spiro atoms. The quantitative estimate of drug-likeness (QED) is 0.902. The van der Waals surface area contributed by atoms with Gasteiger partial charge < -0.3 is 5.32 Å². The lowest BCUT2D eigenvalue weighted by Gasteiger charge is -2.30. The van der Waals surface area contributed by atoms with Gasteiger partial charge in [-0.05, 0) is 37.8 Å². The Morgan fingerprint density at radius 3 is 2.84 bits per heavy atom. The first-order chi connectivity index (χ1) is 9.15. The average Bonchev–Trinajstić information content (AvgIpc) is 2.39. The van der Waals surface area contributed by atoms with E-state index < -0.39 is 0 Å². The highest BCUT2D eigenvalue weighted by Gasteiger charge is 2.19. The molecule has 1 aliphatic rings. The average molecular weight is 260 g/mol. The predicted molar refractivity (Wildman–Crippen MR) is 77.8 cm³/mol. The zero-order valence-electron chi connectivity index (χ0n) is 11.9. The Hall–Kier alpha value is -1.35. The molecule has 0 aromatic heterocycles. The number of piperidine rings is 1. The SMILES string of the molecule is CC1CCCN(CC(=O)NC(C)c2ccccc2)C1. The Balaban J connectivity index is 1.81. The van der Waals surface area contributed by atoms with Crippen molar-refractivity contribution in [1.29, 1.82) is 0 Å². The smallest absolute Gasteiger partial charge is 0.234 e. The Bertz CT molecular complexity index is 404. The van der Waals surface area contributed by atoms with Gasteiger partial charge in [0.25, 0.3) is 0 Å². The zero-order chi connectivity index (χ0) is 13.7. The van der Waals surface area contributed by atoms with Crippen LogP contribution in [0.4, 0.5) is 0 Å². The van der Waals surface area contributed by atoms with Crippen LogP contribution in [0.2, 0.25) is 0 Å². The van der Waals surface area contributed by atoms with Gasteiger partial charge in [-0.2, -0.15) is 0 Å². The molecule has 0 bridgehead atoms. The summed E-state index contributed by atoms with van der Waals surface area (Å²) >= 11 is 0. The highest BCUT2D eigenvalue weighted by atomic mass is 16.2. The van der Waals surface area contributed by atoms with E-state index in [0.717, 1.165) is 18.7 Å². The molecule has 1 saturated heterocycles. The molecule has 1 amide bonds. The minimum atomic E-state index is 0.0796. The van der Waals surface area contributed by atoms with Crippen LogP contribution in [-0.4, -0.2) is 30.4 Å². The van der Waals surface area contributed by atoms with Crippen molar-refractivity contribution in [2.75, 3.05) is 19.6 Å². The molecule has 1 heterocycles. The van der Waals surface area contributed by atoms with E-state index in [-0.39, 0.29) is 11.9 Å². The normalized spacial score (nSPS) is 21.9. The maximum Gasteiger partial charge on any atom is 0.234 e. The second-order valence-electron chi connectivity index (χ2n) is 5.68. The Kier molecular flexibility index (Phi) is 4.97. The van der Waals surface area contributed by atoms with Crippen LogP contribution in [0.1, 0.15) is 38.3 Å². The maximum atomic E-state index is 12.0. The van der Waals surface area contributed by atoms with Crippen LogP contribution in [0, 0.1) is 5.92 Å². The standard InChI is InChI=1S/C16H24N2O/c1-13-7-6-10-18(11-13)12-16(19)17-14(2)15-8-4-3-5-9-15/h3-5,8-9,13-14H,6-7,10-12H2,1-2H3,(H,17,19). The van der Waals surface area contributed by atoms with Crippen LogP contribution in [0.25, 0.3) is 0 Å². The minimum absolute atomic E-state index is 0.0796. The third-order valence-corrected chi connectivity index (χ3v) is 3.79. The summed E-state index contributed by atoms with van der Waals surface area (Å²) in [6, 6.07) is 10.2. The molecule has 0 saturated carbocycles. The number of carbonyl (C=O) groups is 1. The Morgan fingerprint density at radius 1 is 1.42 bits per heavy atom. The number of nitrogens with zero attached hydrogens (tertiary/aromatic N) is 1. The fourth-order valence-electron chi connectivity index (χ4n) is 2.75. The molecular formula is C16H24N2O. The Labute approximate surface area is 116 Å². The van der Waals surface area contributed by atoms with Crippen LogP contribution in [0.3, 0.4) is 0 Å². The van der Waals surface area contributed by atoms with Gasteiger partial charge >= 0.3 is 0 Å². The van der Waals surface area contributed by atoms with E-state index in [1.165, 1.54) is 12.8 Å². The molecule has 1 N–H and O–H groups in total. The Morgan fingerprint density at radius 2 is 2.16 bits per heavy atom. The molecule has 2 rings (SSSR count). The number of amides is 1. The number of hydrogen-bond acceptors (Lipinski definition) is 2. The van der Waals surface area contributed by atoms with E-state index in [1.807, 2.05) is 37.3 Å². The van der Waals surface area contributed by atoms with Gasteiger partial charge in [0, 0.05) is 6.54 Å². The highest BCUT2D eigenvalue weighted by Crippen LogP contribution is 2.15. The van der Waals surface area contributed by atoms with Gasteiger partial charge in [0.15, 0.2) is 0 Å². The highest BCUT2D eigenvalue weighted by molar-refractivity contribution is 5.78. The summed E-state index contributed by atoms with van der Waals surface area (Å²) in [5.41, 5.74) is 1.16. The summed E-state index contributed by atoms with van der Waals surface area (Å²) in [5, 5.41) is 3.08. The van der Waals surface area contributed by atoms with Crippen LogP contribution >= 0.6 is 0 Å². The van der Waals surface area contributed by atoms with Gasteiger partial charge in [-0.25, -0.2) is 0 Å². The summed E-state index contributed by atoms with van der Waals surface area (Å²) in [6.07, 6.45) is 2.50. The third-order valence-electron chi connectivity index (χ3n) is 3.79. The van der Waals surface area contributed by atoms with Gasteiger partial charge in [-0.3, -0.25) is 9.69 Å². The fourth-order valence-corrected chi connectivity index (χ4v) is 2.75. The summed E-state index contributed by atoms with van der Waals surface area (Å²) in [5.74, 6) is 0.846. The second-order valence-corrected chi connectivity index (χ2v) is 5.68. The number of hydrogen-bond donors (Lipinski definition) is 1. The molecule has 1 aromatic rings. The number of likely N-dealkylation sites (tertiary alicyclic amines) is 1. The van der Waals surface area contributed by atoms with Gasteiger partial charge in [-0.1, -0.05) is 37.3 Å². The number of rotatable bonds is 4. The zero-order valence-corrected chi connectivity index (χ0v) is 11.9. The first-order valence-electron chi connectivity index (χ1n) is 7.22. The summed E-state index contributed by atoms with van der Waals surface area (Å²) < 4.78 is 0. The van der Waals surface area contributed by atoms with Crippen molar-refractivity contribution in [3.05, 3.63) is 35.9 Å². The first kappa shape index (κ1) is 14.1. The van der Waals surface area contributed by atoms with Gasteiger partial charge in [0.05, 0.1) is 12.6 Å². The third kappa shape index (κ3) is 4.35. The molecule has 1 fully saturated rings. The number of carbonyl (C=O) groups excluding carboxylic acids is 1. The van der Waals surface area contributed by atoms with Crippen LogP contribution in [0.5, 0.6) is 0 Å². The molecule has 1 aromatic carbocycles. The van der Waals surface area contributed by atoms with Crippen molar-refractivity contribution in [2.45, 2.75) is 32.7 Å². The molecule has 0 radical (unpaired) electrons. The molecule has 19 heavy (non-hydrogen) atoms. The van der Waals surface area contributed by atoms with Crippen molar-refractivity contribution in [1.82, 2.24) is 10.2 Å². The lowest BCUT2D eigenvalue weighted by Crippen LogP contribution is -2.42. The van der Waals surface area contributed by atoms with Crippen molar-refractivity contribution in [2.24, 2.45) is 5.92 Å². The van der Waals surface area contributed by atoms with E-state index in [4.69, 9.17) is 0 Å². The molecule has 0 aliphatic carbocycles. The van der Waals surface area contributed by atoms with Crippen molar-refractivity contribution in [3.63, 3.8) is 0 Å². The van der Waals surface area contributed by atoms with Crippen LogP contribution in [0.15, 0.2) is 30.3 Å². The first-order valence-corrected chi connectivity index (χ1v) is 7.22. The van der Waals surface area contributed by atoms with E-state index in [1.54, 1.807) is 0 Å². The summed E-state index contributed by atoms with van der Waals surface area (Å²) in [7, 11) is 0. The molecule has 3 heteroatoms. The van der Waals surface area contributed by atoms with Crippen LogP contribution in [-0.2, 0) is 4.79 Å². The molecule has 3 nitrogen and oxygen atoms in total. The van der Waals surface area contributed by atoms with E-state index >= 15 is 0 Å². The van der Waals surface area contributed by atoms with E-state index in [0.29, 0.717) is 12.5 Å². The molecule has 2 unspecified atom stereocenters. The van der Waals surface area contributed by atoms with Crippen molar-refractivity contribution < 1.29 is 4.79 Å². The van der Waals surface area contributed by atoms with Crippen molar-refractivity contribution >= 4 is 5.91 Å². The lowest BCUT2D eigenvalue weighted by molar-refractivity contribution is -0.123. The number of nitrogens with one attached hydrogen (secondary N) is 1. The second kappa shape index (κ2) is 6.71. The minimum Gasteiger partial charge on any atom is -0.348 e. The summed E-state index contributed by atoms with van der Waals surface area (Å²) in [6.45, 7) is 6.93. The lowest BCUT2D eigenvalue weighted by atomic mass is 10.0. The van der Waals surface area contributed by atoms with Gasteiger partial charge in [0.2, 0.25) is 5.91 Å². The van der Waals surface area contributed by atoms with Gasteiger partial charge in [0.1, 0.15) is 0 Å². The van der Waals surface area contributed by atoms with Gasteiger partial charge in [-0.15, -0.1) is 0 Å². The maximum absolute atomic E-state index is 12.0. The van der Waals surface area contributed by atoms with E-state index in [9.17, 15) is 4.79 Å². The largest absolute Gasteiger partial charge is 0.348 e. The van der Waals surface area contributed by atoms with Crippen LogP contribution < -0.4 is 5.32 Å². The molecule has 2 atom stereocenters.